The third-order valence-corrected chi connectivity index (χ3v) is 6.16. The standard InChI is InChI=1S/C25H27NO/c1-24(2)14-8-13-22(15-19-9-4-3-5-10-19)25(24,27)17-23-16-20-11-6-7-12-21(20)18-26-23/h3-7,9-12,15-16,18,27H,8,13-14,17H2,1-2H3. The molecule has 2 nitrogen and oxygen atoms in total. The van der Waals surface area contributed by atoms with Gasteiger partial charge in [0, 0.05) is 23.7 Å². The van der Waals surface area contributed by atoms with E-state index in [-0.39, 0.29) is 5.41 Å². The quantitative estimate of drug-likeness (QED) is 0.642. The molecule has 0 bridgehead atoms. The Bertz CT molecular complexity index is 974. The molecule has 1 unspecified atom stereocenters. The summed E-state index contributed by atoms with van der Waals surface area (Å²) < 4.78 is 0. The summed E-state index contributed by atoms with van der Waals surface area (Å²) in [5, 5.41) is 14.2. The first-order chi connectivity index (χ1) is 13.0. The molecule has 138 valence electrons. The average molecular weight is 357 g/mol. The van der Waals surface area contributed by atoms with Crippen molar-refractivity contribution in [3.63, 3.8) is 0 Å². The molecule has 0 spiro atoms. The minimum atomic E-state index is -0.892. The Hall–Kier alpha value is -2.45. The molecule has 1 N–H and O–H groups in total. The van der Waals surface area contributed by atoms with Gasteiger partial charge in [-0.2, -0.15) is 0 Å². The van der Waals surface area contributed by atoms with Crippen LogP contribution >= 0.6 is 0 Å². The Labute approximate surface area is 161 Å². The van der Waals surface area contributed by atoms with E-state index in [0.29, 0.717) is 6.42 Å². The van der Waals surface area contributed by atoms with Crippen molar-refractivity contribution in [3.05, 3.63) is 83.7 Å². The molecule has 1 atom stereocenters. The first kappa shape index (κ1) is 17.9. The Morgan fingerprint density at radius 2 is 1.70 bits per heavy atom. The Morgan fingerprint density at radius 3 is 2.48 bits per heavy atom. The zero-order valence-corrected chi connectivity index (χ0v) is 16.2. The van der Waals surface area contributed by atoms with Crippen LogP contribution < -0.4 is 0 Å². The maximum atomic E-state index is 11.9. The number of aromatic nitrogens is 1. The van der Waals surface area contributed by atoms with E-state index in [1.807, 2.05) is 36.5 Å². The fourth-order valence-corrected chi connectivity index (χ4v) is 4.35. The molecule has 3 aromatic rings. The second-order valence-corrected chi connectivity index (χ2v) is 8.38. The number of pyridine rings is 1. The van der Waals surface area contributed by atoms with E-state index in [1.165, 1.54) is 5.39 Å². The molecule has 0 amide bonds. The highest BCUT2D eigenvalue weighted by Crippen LogP contribution is 2.49. The van der Waals surface area contributed by atoms with E-state index in [1.54, 1.807) is 0 Å². The van der Waals surface area contributed by atoms with E-state index < -0.39 is 5.60 Å². The molecule has 27 heavy (non-hydrogen) atoms. The topological polar surface area (TPSA) is 33.1 Å². The van der Waals surface area contributed by atoms with E-state index in [9.17, 15) is 5.11 Å². The molecular formula is C25H27NO. The van der Waals surface area contributed by atoms with E-state index >= 15 is 0 Å². The molecule has 1 saturated carbocycles. The number of hydrogen-bond donors (Lipinski definition) is 1. The van der Waals surface area contributed by atoms with E-state index in [0.717, 1.165) is 41.5 Å². The number of fused-ring (bicyclic) bond motifs is 1. The van der Waals surface area contributed by atoms with Crippen LogP contribution in [0.5, 0.6) is 0 Å². The summed E-state index contributed by atoms with van der Waals surface area (Å²) in [7, 11) is 0. The normalized spacial score (nSPS) is 23.6. The number of nitrogens with zero attached hydrogens (tertiary/aromatic N) is 1. The van der Waals surface area contributed by atoms with E-state index in [4.69, 9.17) is 0 Å². The predicted octanol–water partition coefficient (Wildman–Crippen LogP) is 5.80. The molecule has 4 rings (SSSR count). The van der Waals surface area contributed by atoms with Gasteiger partial charge in [0.1, 0.15) is 0 Å². The van der Waals surface area contributed by atoms with Crippen LogP contribution in [0.25, 0.3) is 16.8 Å². The molecule has 0 saturated heterocycles. The summed E-state index contributed by atoms with van der Waals surface area (Å²) in [6, 6.07) is 20.7. The van der Waals surface area contributed by atoms with Gasteiger partial charge in [-0.05, 0) is 47.3 Å². The lowest BCUT2D eigenvalue weighted by atomic mass is 9.61. The maximum Gasteiger partial charge on any atom is 0.0965 e. The summed E-state index contributed by atoms with van der Waals surface area (Å²) in [5.41, 5.74) is 2.13. The van der Waals surface area contributed by atoms with Gasteiger partial charge in [-0.1, -0.05) is 74.5 Å². The van der Waals surface area contributed by atoms with Crippen molar-refractivity contribution in [2.45, 2.75) is 45.1 Å². The largest absolute Gasteiger partial charge is 0.385 e. The first-order valence-electron chi connectivity index (χ1n) is 9.80. The molecule has 2 aromatic carbocycles. The molecule has 1 aliphatic rings. The van der Waals surface area contributed by atoms with Gasteiger partial charge >= 0.3 is 0 Å². The Balaban J connectivity index is 1.75. The fourth-order valence-electron chi connectivity index (χ4n) is 4.35. The van der Waals surface area contributed by atoms with Crippen LogP contribution in [0.4, 0.5) is 0 Å². The lowest BCUT2D eigenvalue weighted by molar-refractivity contribution is -0.0548. The minimum absolute atomic E-state index is 0.195. The number of hydrogen-bond acceptors (Lipinski definition) is 2. The fraction of sp³-hybridized carbons (Fsp3) is 0.320. The van der Waals surface area contributed by atoms with Gasteiger partial charge in [0.2, 0.25) is 0 Å². The van der Waals surface area contributed by atoms with Crippen LogP contribution in [0.15, 0.2) is 72.4 Å². The van der Waals surface area contributed by atoms with Crippen molar-refractivity contribution < 1.29 is 5.11 Å². The summed E-state index contributed by atoms with van der Waals surface area (Å²) in [6.07, 6.45) is 7.71. The highest BCUT2D eigenvalue weighted by atomic mass is 16.3. The van der Waals surface area contributed by atoms with Crippen molar-refractivity contribution in [3.8, 4) is 0 Å². The first-order valence-corrected chi connectivity index (χ1v) is 9.80. The van der Waals surface area contributed by atoms with Crippen LogP contribution in [0.3, 0.4) is 0 Å². The lowest BCUT2D eigenvalue weighted by Gasteiger charge is -2.48. The monoisotopic (exact) mass is 357 g/mol. The van der Waals surface area contributed by atoms with E-state index in [2.05, 4.69) is 55.2 Å². The molecule has 2 heteroatoms. The molecule has 1 fully saturated rings. The van der Waals surface area contributed by atoms with Gasteiger partial charge in [-0.25, -0.2) is 0 Å². The molecular weight excluding hydrogens is 330 g/mol. The van der Waals surface area contributed by atoms with Crippen LogP contribution in [0, 0.1) is 5.41 Å². The average Bonchev–Trinajstić information content (AvgIpc) is 2.66. The zero-order valence-electron chi connectivity index (χ0n) is 16.2. The number of rotatable bonds is 3. The SMILES string of the molecule is CC1(C)CCCC(=Cc2ccccc2)C1(O)Cc1cc2ccccc2cn1. The van der Waals surface area contributed by atoms with Crippen molar-refractivity contribution >= 4 is 16.8 Å². The molecule has 1 aliphatic carbocycles. The molecule has 0 radical (unpaired) electrons. The van der Waals surface area contributed by atoms with Crippen LogP contribution in [0.1, 0.15) is 44.4 Å². The number of benzene rings is 2. The molecule has 1 aromatic heterocycles. The molecule has 1 heterocycles. The maximum absolute atomic E-state index is 11.9. The Morgan fingerprint density at radius 1 is 1.00 bits per heavy atom. The van der Waals surface area contributed by atoms with Crippen LogP contribution in [-0.2, 0) is 6.42 Å². The highest BCUT2D eigenvalue weighted by Gasteiger charge is 2.48. The second kappa shape index (κ2) is 6.94. The van der Waals surface area contributed by atoms with Gasteiger partial charge in [-0.15, -0.1) is 0 Å². The Kier molecular flexibility index (Phi) is 4.61. The lowest BCUT2D eigenvalue weighted by Crippen LogP contribution is -2.50. The van der Waals surface area contributed by atoms with Gasteiger partial charge in [0.25, 0.3) is 0 Å². The third-order valence-electron chi connectivity index (χ3n) is 6.16. The third kappa shape index (κ3) is 3.42. The summed E-state index contributed by atoms with van der Waals surface area (Å²) in [4.78, 5) is 4.67. The van der Waals surface area contributed by atoms with Crippen molar-refractivity contribution in [1.82, 2.24) is 4.98 Å². The van der Waals surface area contributed by atoms with Crippen molar-refractivity contribution in [2.75, 3.05) is 0 Å². The summed E-state index contributed by atoms with van der Waals surface area (Å²) in [5.74, 6) is 0. The summed E-state index contributed by atoms with van der Waals surface area (Å²) >= 11 is 0. The zero-order chi connectivity index (χ0) is 18.9. The minimum Gasteiger partial charge on any atom is -0.385 e. The van der Waals surface area contributed by atoms with Gasteiger partial charge in [-0.3, -0.25) is 4.98 Å². The highest BCUT2D eigenvalue weighted by molar-refractivity contribution is 5.81. The van der Waals surface area contributed by atoms with Crippen molar-refractivity contribution in [2.24, 2.45) is 5.41 Å². The van der Waals surface area contributed by atoms with Gasteiger partial charge in [0.05, 0.1) is 5.60 Å². The van der Waals surface area contributed by atoms with Gasteiger partial charge in [0.15, 0.2) is 0 Å². The van der Waals surface area contributed by atoms with Crippen molar-refractivity contribution in [1.29, 1.82) is 0 Å². The summed E-state index contributed by atoms with van der Waals surface area (Å²) in [6.45, 7) is 4.37. The van der Waals surface area contributed by atoms with Crippen LogP contribution in [0.2, 0.25) is 0 Å². The number of aliphatic hydroxyl groups is 1. The predicted molar refractivity (Wildman–Crippen MR) is 112 cm³/mol. The smallest absolute Gasteiger partial charge is 0.0965 e. The van der Waals surface area contributed by atoms with Gasteiger partial charge < -0.3 is 5.11 Å². The van der Waals surface area contributed by atoms with Crippen LogP contribution in [-0.4, -0.2) is 15.7 Å². The second-order valence-electron chi connectivity index (χ2n) is 8.38. The molecule has 0 aliphatic heterocycles.